The Labute approximate surface area is 150 Å². The van der Waals surface area contributed by atoms with E-state index in [1.54, 1.807) is 24.8 Å². The van der Waals surface area contributed by atoms with E-state index in [-0.39, 0.29) is 0 Å². The maximum Gasteiger partial charge on any atom is 0.158 e. The third-order valence-electron chi connectivity index (χ3n) is 4.59. The molecule has 25 heavy (non-hydrogen) atoms. The number of hydrogen-bond donors (Lipinski definition) is 1. The number of anilines is 1. The van der Waals surface area contributed by atoms with Gasteiger partial charge in [0.15, 0.2) is 5.82 Å². The molecular weight excluding hydrogens is 332 g/mol. The number of thiophene rings is 1. The van der Waals surface area contributed by atoms with Gasteiger partial charge < -0.3 is 4.74 Å². The maximum absolute atomic E-state index is 5.20. The van der Waals surface area contributed by atoms with E-state index in [9.17, 15) is 0 Å². The highest BCUT2D eigenvalue weighted by Crippen LogP contribution is 2.38. The van der Waals surface area contributed by atoms with Crippen molar-refractivity contribution >= 4 is 33.1 Å². The third-order valence-corrected chi connectivity index (χ3v) is 5.79. The van der Waals surface area contributed by atoms with Crippen molar-refractivity contribution in [2.45, 2.75) is 32.6 Å². The SMILES string of the molecule is COc1ccc(/C(C)=N/Nc2ncnc3sc4c(c23)CCCC4)cc1. The van der Waals surface area contributed by atoms with E-state index in [0.717, 1.165) is 45.9 Å². The Bertz CT molecular complexity index is 930. The van der Waals surface area contributed by atoms with Gasteiger partial charge in [-0.05, 0) is 68.0 Å². The van der Waals surface area contributed by atoms with E-state index >= 15 is 0 Å². The first-order valence-electron chi connectivity index (χ1n) is 8.46. The highest BCUT2D eigenvalue weighted by atomic mass is 32.1. The van der Waals surface area contributed by atoms with E-state index in [4.69, 9.17) is 4.74 Å². The third kappa shape index (κ3) is 3.09. The van der Waals surface area contributed by atoms with Gasteiger partial charge in [0.05, 0.1) is 18.2 Å². The molecule has 0 amide bonds. The molecule has 0 saturated heterocycles. The van der Waals surface area contributed by atoms with Crippen LogP contribution in [0.1, 0.15) is 35.8 Å². The Morgan fingerprint density at radius 2 is 1.96 bits per heavy atom. The molecule has 0 aliphatic heterocycles. The van der Waals surface area contributed by atoms with Crippen LogP contribution in [0.15, 0.2) is 35.7 Å². The Morgan fingerprint density at radius 3 is 2.76 bits per heavy atom. The van der Waals surface area contributed by atoms with Crippen LogP contribution in [0.2, 0.25) is 0 Å². The first kappa shape index (κ1) is 16.0. The second-order valence-electron chi connectivity index (χ2n) is 6.15. The lowest BCUT2D eigenvalue weighted by atomic mass is 9.97. The summed E-state index contributed by atoms with van der Waals surface area (Å²) in [4.78, 5) is 11.4. The van der Waals surface area contributed by atoms with Crippen LogP contribution < -0.4 is 10.2 Å². The van der Waals surface area contributed by atoms with Crippen molar-refractivity contribution in [3.63, 3.8) is 0 Å². The van der Waals surface area contributed by atoms with Crippen LogP contribution >= 0.6 is 11.3 Å². The van der Waals surface area contributed by atoms with Gasteiger partial charge in [-0.15, -0.1) is 11.3 Å². The molecule has 4 rings (SSSR count). The number of benzene rings is 1. The highest BCUT2D eigenvalue weighted by molar-refractivity contribution is 7.19. The van der Waals surface area contributed by atoms with Gasteiger partial charge in [0.1, 0.15) is 16.9 Å². The average molecular weight is 352 g/mol. The standard InChI is InChI=1S/C19H20N4OS/c1-12(13-7-9-14(24-2)10-8-13)22-23-18-17-15-5-3-4-6-16(15)25-19(17)21-11-20-18/h7-11H,3-6H2,1-2H3,(H,20,21,23)/b22-12+. The van der Waals surface area contributed by atoms with Crippen LogP contribution in [-0.2, 0) is 12.8 Å². The van der Waals surface area contributed by atoms with E-state index in [2.05, 4.69) is 20.5 Å². The zero-order valence-corrected chi connectivity index (χ0v) is 15.2. The number of methoxy groups -OCH3 is 1. The molecule has 0 spiro atoms. The lowest BCUT2D eigenvalue weighted by Crippen LogP contribution is -2.03. The first-order chi connectivity index (χ1) is 12.3. The minimum Gasteiger partial charge on any atom is -0.497 e. The van der Waals surface area contributed by atoms with Crippen LogP contribution in [0.25, 0.3) is 10.2 Å². The van der Waals surface area contributed by atoms with Crippen molar-refractivity contribution in [1.82, 2.24) is 9.97 Å². The second-order valence-corrected chi connectivity index (χ2v) is 7.23. The number of ether oxygens (including phenoxy) is 1. The predicted molar refractivity (Wildman–Crippen MR) is 103 cm³/mol. The molecule has 1 aliphatic rings. The molecule has 2 aromatic heterocycles. The van der Waals surface area contributed by atoms with Crippen LogP contribution in [-0.4, -0.2) is 22.8 Å². The minimum absolute atomic E-state index is 0.803. The van der Waals surface area contributed by atoms with Gasteiger partial charge in [-0.2, -0.15) is 5.10 Å². The van der Waals surface area contributed by atoms with Gasteiger partial charge >= 0.3 is 0 Å². The van der Waals surface area contributed by atoms with Crippen LogP contribution in [0.3, 0.4) is 0 Å². The number of aromatic nitrogens is 2. The van der Waals surface area contributed by atoms with Gasteiger partial charge in [-0.3, -0.25) is 5.43 Å². The summed E-state index contributed by atoms with van der Waals surface area (Å²) in [7, 11) is 1.67. The molecule has 0 bridgehead atoms. The van der Waals surface area contributed by atoms with Crippen LogP contribution in [0, 0.1) is 0 Å². The summed E-state index contributed by atoms with van der Waals surface area (Å²) in [6.45, 7) is 1.98. The number of fused-ring (bicyclic) bond motifs is 3. The van der Waals surface area contributed by atoms with E-state index in [1.165, 1.54) is 23.3 Å². The molecule has 3 aromatic rings. The van der Waals surface area contributed by atoms with Gasteiger partial charge in [0.2, 0.25) is 0 Å². The Hall–Kier alpha value is -2.47. The lowest BCUT2D eigenvalue weighted by molar-refractivity contribution is 0.415. The molecule has 0 unspecified atom stereocenters. The summed E-state index contributed by atoms with van der Waals surface area (Å²) in [5.74, 6) is 1.64. The van der Waals surface area contributed by atoms with E-state index in [1.807, 2.05) is 31.2 Å². The number of nitrogens with zero attached hydrogens (tertiary/aromatic N) is 3. The van der Waals surface area contributed by atoms with Crippen LogP contribution in [0.5, 0.6) is 5.75 Å². The monoisotopic (exact) mass is 352 g/mol. The van der Waals surface area contributed by atoms with Crippen molar-refractivity contribution in [2.75, 3.05) is 12.5 Å². The van der Waals surface area contributed by atoms with Gasteiger partial charge in [-0.1, -0.05) is 0 Å². The lowest BCUT2D eigenvalue weighted by Gasteiger charge is -2.11. The first-order valence-corrected chi connectivity index (χ1v) is 9.28. The van der Waals surface area contributed by atoms with E-state index in [0.29, 0.717) is 0 Å². The molecule has 0 saturated carbocycles. The summed E-state index contributed by atoms with van der Waals surface area (Å²) in [5.41, 5.74) is 6.52. The highest BCUT2D eigenvalue weighted by Gasteiger charge is 2.19. The predicted octanol–water partition coefficient (Wildman–Crippen LogP) is 4.41. The molecule has 0 fully saturated rings. The smallest absolute Gasteiger partial charge is 0.158 e. The van der Waals surface area contributed by atoms with Crippen LogP contribution in [0.4, 0.5) is 5.82 Å². The molecule has 5 nitrogen and oxygen atoms in total. The van der Waals surface area contributed by atoms with Crippen molar-refractivity contribution in [3.8, 4) is 5.75 Å². The molecule has 128 valence electrons. The number of hydrazone groups is 1. The Kier molecular flexibility index (Phi) is 4.36. The number of aryl methyl sites for hydroxylation is 2. The van der Waals surface area contributed by atoms with Crippen molar-refractivity contribution < 1.29 is 4.74 Å². The normalized spacial score (nSPS) is 14.4. The largest absolute Gasteiger partial charge is 0.497 e. The fourth-order valence-electron chi connectivity index (χ4n) is 3.21. The minimum atomic E-state index is 0.803. The molecule has 6 heteroatoms. The summed E-state index contributed by atoms with van der Waals surface area (Å²) in [6.07, 6.45) is 6.39. The zero-order chi connectivity index (χ0) is 17.2. The Balaban J connectivity index is 1.64. The van der Waals surface area contributed by atoms with Crippen molar-refractivity contribution in [3.05, 3.63) is 46.6 Å². The summed E-state index contributed by atoms with van der Waals surface area (Å²) >= 11 is 1.80. The van der Waals surface area contributed by atoms with E-state index < -0.39 is 0 Å². The summed E-state index contributed by atoms with van der Waals surface area (Å²) in [5, 5.41) is 5.69. The number of hydrogen-bond acceptors (Lipinski definition) is 6. The summed E-state index contributed by atoms with van der Waals surface area (Å²) < 4.78 is 5.20. The van der Waals surface area contributed by atoms with Gasteiger partial charge in [-0.25, -0.2) is 9.97 Å². The molecule has 2 heterocycles. The van der Waals surface area contributed by atoms with Gasteiger partial charge in [0, 0.05) is 4.88 Å². The average Bonchev–Trinajstić information content (AvgIpc) is 3.05. The number of rotatable bonds is 4. The fraction of sp³-hybridized carbons (Fsp3) is 0.316. The number of nitrogens with one attached hydrogen (secondary N) is 1. The molecule has 0 radical (unpaired) electrons. The molecular formula is C19H20N4OS. The fourth-order valence-corrected chi connectivity index (χ4v) is 4.44. The van der Waals surface area contributed by atoms with Gasteiger partial charge in [0.25, 0.3) is 0 Å². The second kappa shape index (κ2) is 6.80. The topological polar surface area (TPSA) is 59.4 Å². The Morgan fingerprint density at radius 1 is 1.16 bits per heavy atom. The molecule has 1 aromatic carbocycles. The molecule has 1 aliphatic carbocycles. The maximum atomic E-state index is 5.20. The molecule has 1 N–H and O–H groups in total. The zero-order valence-electron chi connectivity index (χ0n) is 14.4. The quantitative estimate of drug-likeness (QED) is 0.558. The van der Waals surface area contributed by atoms with Crippen molar-refractivity contribution in [1.29, 1.82) is 0 Å². The summed E-state index contributed by atoms with van der Waals surface area (Å²) in [6, 6.07) is 7.88. The molecule has 0 atom stereocenters. The van der Waals surface area contributed by atoms with Crippen molar-refractivity contribution in [2.24, 2.45) is 5.10 Å².